The third-order valence-electron chi connectivity index (χ3n) is 1.14. The minimum atomic E-state index is -0.0914. The van der Waals surface area contributed by atoms with Gasteiger partial charge < -0.3 is 10.2 Å². The van der Waals surface area contributed by atoms with Crippen LogP contribution < -0.4 is 0 Å². The molecular weight excluding hydrogens is 116 g/mol. The fourth-order valence-corrected chi connectivity index (χ4v) is 0.585. The van der Waals surface area contributed by atoms with Gasteiger partial charge in [0.05, 0.1) is 0 Å². The Balaban J connectivity index is 3.25. The van der Waals surface area contributed by atoms with E-state index in [0.717, 1.165) is 0 Å². The van der Waals surface area contributed by atoms with Gasteiger partial charge in [0.25, 0.3) is 0 Å². The zero-order chi connectivity index (χ0) is 6.85. The fraction of sp³-hybridized carbons (Fsp3) is 0.143. The molecule has 0 amide bonds. The summed E-state index contributed by atoms with van der Waals surface area (Å²) in [7, 11) is 0. The van der Waals surface area contributed by atoms with Gasteiger partial charge in [0.2, 0.25) is 0 Å². The van der Waals surface area contributed by atoms with Crippen molar-refractivity contribution in [3.63, 3.8) is 0 Å². The van der Waals surface area contributed by atoms with Gasteiger partial charge in [0, 0.05) is 5.56 Å². The number of rotatable bonds is 0. The Morgan fingerprint density at radius 3 is 2.56 bits per heavy atom. The highest BCUT2D eigenvalue weighted by molar-refractivity contribution is 5.42. The summed E-state index contributed by atoms with van der Waals surface area (Å²) in [6, 6.07) is 5.68. The number of hydrogen-bond acceptors (Lipinski definition) is 2. The van der Waals surface area contributed by atoms with Crippen molar-refractivity contribution in [1.82, 2.24) is 0 Å². The first-order chi connectivity index (χ1) is 4.22. The molecule has 2 nitrogen and oxygen atoms in total. The van der Waals surface area contributed by atoms with Gasteiger partial charge in [-0.25, -0.2) is 0 Å². The highest BCUT2D eigenvalue weighted by Gasteiger charge is 1.98. The third kappa shape index (κ3) is 0.964. The normalized spacial score (nSPS) is 9.44. The predicted molar refractivity (Wildman–Crippen MR) is 33.3 cm³/mol. The second-order valence-corrected chi connectivity index (χ2v) is 1.84. The number of aromatic hydroxyl groups is 2. The summed E-state index contributed by atoms with van der Waals surface area (Å²) in [6.45, 7) is 1.68. The maximum Gasteiger partial charge on any atom is 0.161 e. The molecule has 0 aliphatic carbocycles. The lowest BCUT2D eigenvalue weighted by molar-refractivity contribution is 0.401. The number of benzene rings is 1. The zero-order valence-corrected chi connectivity index (χ0v) is 5.05. The van der Waals surface area contributed by atoms with Gasteiger partial charge in [0.15, 0.2) is 11.5 Å². The van der Waals surface area contributed by atoms with E-state index in [1.807, 2.05) is 0 Å². The molecule has 47 valence electrons. The topological polar surface area (TPSA) is 40.5 Å². The second-order valence-electron chi connectivity index (χ2n) is 1.84. The van der Waals surface area contributed by atoms with E-state index in [0.29, 0.717) is 5.56 Å². The maximum absolute atomic E-state index is 8.93. The minimum Gasteiger partial charge on any atom is -0.504 e. The fourth-order valence-electron chi connectivity index (χ4n) is 0.585. The molecule has 0 unspecified atom stereocenters. The average Bonchev–Trinajstić information content (AvgIpc) is 1.83. The van der Waals surface area contributed by atoms with Gasteiger partial charge in [-0.3, -0.25) is 0 Å². The quantitative estimate of drug-likeness (QED) is 0.509. The molecule has 0 aliphatic rings. The van der Waals surface area contributed by atoms with E-state index in [2.05, 4.69) is 6.07 Å². The number of hydrogen-bond donors (Lipinski definition) is 2. The Morgan fingerprint density at radius 1 is 1.44 bits per heavy atom. The summed E-state index contributed by atoms with van der Waals surface area (Å²) in [5.41, 5.74) is 0.565. The van der Waals surface area contributed by atoms with Crippen molar-refractivity contribution in [2.75, 3.05) is 0 Å². The lowest BCUT2D eigenvalue weighted by Gasteiger charge is -1.97. The van der Waals surface area contributed by atoms with Crippen LogP contribution in [0.4, 0.5) is 0 Å². The predicted octanol–water partition coefficient (Wildman–Crippen LogP) is 1.21. The van der Waals surface area contributed by atoms with Crippen molar-refractivity contribution in [3.8, 4) is 11.5 Å². The van der Waals surface area contributed by atoms with Gasteiger partial charge in [-0.15, -0.1) is 0 Å². The molecule has 0 saturated carbocycles. The van der Waals surface area contributed by atoms with Crippen LogP contribution in [0.15, 0.2) is 12.1 Å². The number of phenols is 2. The van der Waals surface area contributed by atoms with Crippen molar-refractivity contribution in [2.24, 2.45) is 0 Å². The maximum atomic E-state index is 8.93. The first-order valence-electron chi connectivity index (χ1n) is 2.61. The average molecular weight is 123 g/mol. The number of phenolic OH excluding ortho intramolecular Hbond substituents is 2. The molecule has 9 heavy (non-hydrogen) atoms. The molecule has 1 aromatic rings. The van der Waals surface area contributed by atoms with Crippen LogP contribution in [0.2, 0.25) is 0 Å². The second kappa shape index (κ2) is 1.97. The molecule has 2 N–H and O–H groups in total. The zero-order valence-electron chi connectivity index (χ0n) is 5.05. The molecule has 0 spiro atoms. The molecule has 0 bridgehead atoms. The van der Waals surface area contributed by atoms with Crippen LogP contribution in [0.1, 0.15) is 5.56 Å². The van der Waals surface area contributed by atoms with Crippen LogP contribution >= 0.6 is 0 Å². The molecule has 1 rings (SSSR count). The summed E-state index contributed by atoms with van der Waals surface area (Å²) in [5, 5.41) is 17.8. The van der Waals surface area contributed by atoms with E-state index in [1.54, 1.807) is 13.0 Å². The van der Waals surface area contributed by atoms with Crippen molar-refractivity contribution < 1.29 is 10.2 Å². The minimum absolute atomic E-state index is 0.0856. The van der Waals surface area contributed by atoms with Gasteiger partial charge in [0.1, 0.15) is 0 Å². The SMILES string of the molecule is Cc1[c]ccc(O)c1O. The molecule has 0 aromatic heterocycles. The summed E-state index contributed by atoms with van der Waals surface area (Å²) in [4.78, 5) is 0. The molecular formula is C7H7O2. The highest BCUT2D eigenvalue weighted by Crippen LogP contribution is 2.26. The molecule has 0 fully saturated rings. The van der Waals surface area contributed by atoms with Crippen molar-refractivity contribution >= 4 is 0 Å². The molecule has 1 aromatic carbocycles. The van der Waals surface area contributed by atoms with Crippen molar-refractivity contribution in [1.29, 1.82) is 0 Å². The van der Waals surface area contributed by atoms with Crippen molar-refractivity contribution in [2.45, 2.75) is 6.92 Å². The Labute approximate surface area is 53.4 Å². The van der Waals surface area contributed by atoms with Crippen LogP contribution in [0.25, 0.3) is 0 Å². The van der Waals surface area contributed by atoms with Gasteiger partial charge in [-0.2, -0.15) is 0 Å². The summed E-state index contributed by atoms with van der Waals surface area (Å²) >= 11 is 0. The van der Waals surface area contributed by atoms with E-state index in [9.17, 15) is 0 Å². The standard InChI is InChI=1S/C7H7O2/c1-5-3-2-4-6(8)7(5)9/h2,4,8-9H,1H3. The van der Waals surface area contributed by atoms with E-state index in [1.165, 1.54) is 6.07 Å². The Kier molecular flexibility index (Phi) is 1.30. The monoisotopic (exact) mass is 123 g/mol. The van der Waals surface area contributed by atoms with E-state index in [4.69, 9.17) is 10.2 Å². The molecule has 1 radical (unpaired) electrons. The van der Waals surface area contributed by atoms with E-state index >= 15 is 0 Å². The van der Waals surface area contributed by atoms with E-state index < -0.39 is 0 Å². The lowest BCUT2D eigenvalue weighted by atomic mass is 10.2. The van der Waals surface area contributed by atoms with Crippen LogP contribution in [0.3, 0.4) is 0 Å². The van der Waals surface area contributed by atoms with Gasteiger partial charge >= 0.3 is 0 Å². The highest BCUT2D eigenvalue weighted by atomic mass is 16.3. The molecule has 0 atom stereocenters. The molecule has 2 heteroatoms. The Bertz CT molecular complexity index is 198. The van der Waals surface area contributed by atoms with Crippen LogP contribution in [0.5, 0.6) is 11.5 Å². The van der Waals surface area contributed by atoms with Crippen molar-refractivity contribution in [3.05, 3.63) is 23.8 Å². The van der Waals surface area contributed by atoms with Gasteiger partial charge in [-0.1, -0.05) is 6.07 Å². The Morgan fingerprint density at radius 2 is 2.11 bits per heavy atom. The number of aryl methyl sites for hydroxylation is 1. The first-order valence-corrected chi connectivity index (χ1v) is 2.61. The molecule has 0 heterocycles. The first kappa shape index (κ1) is 5.95. The molecule has 0 saturated heterocycles. The van der Waals surface area contributed by atoms with Gasteiger partial charge in [-0.05, 0) is 19.1 Å². The van der Waals surface area contributed by atoms with Crippen LogP contribution in [-0.4, -0.2) is 10.2 Å². The summed E-state index contributed by atoms with van der Waals surface area (Å²) < 4.78 is 0. The van der Waals surface area contributed by atoms with Crippen LogP contribution in [0, 0.1) is 13.0 Å². The lowest BCUT2D eigenvalue weighted by Crippen LogP contribution is -1.73. The smallest absolute Gasteiger partial charge is 0.161 e. The summed E-state index contributed by atoms with van der Waals surface area (Å²) in [5.74, 6) is -0.177. The van der Waals surface area contributed by atoms with E-state index in [-0.39, 0.29) is 11.5 Å². The largest absolute Gasteiger partial charge is 0.504 e. The molecule has 0 aliphatic heterocycles. The third-order valence-corrected chi connectivity index (χ3v) is 1.14. The summed E-state index contributed by atoms with van der Waals surface area (Å²) in [6.07, 6.45) is 0. The Hall–Kier alpha value is -1.18. The van der Waals surface area contributed by atoms with Crippen LogP contribution in [-0.2, 0) is 0 Å².